The van der Waals surface area contributed by atoms with Gasteiger partial charge in [0.05, 0.1) is 7.11 Å². The molecule has 0 N–H and O–H groups in total. The molecule has 0 radical (unpaired) electrons. The van der Waals surface area contributed by atoms with Crippen molar-refractivity contribution in [2.45, 2.75) is 0 Å². The lowest BCUT2D eigenvalue weighted by Crippen LogP contribution is -1.93. The van der Waals surface area contributed by atoms with E-state index >= 15 is 0 Å². The topological polar surface area (TPSA) is 18.5 Å². The summed E-state index contributed by atoms with van der Waals surface area (Å²) in [6, 6.07) is 17.3. The maximum atomic E-state index is 5.50. The number of hydrogen-bond donors (Lipinski definition) is 0. The Morgan fingerprint density at radius 1 is 0.889 bits per heavy atom. The van der Waals surface area contributed by atoms with Gasteiger partial charge in [-0.1, -0.05) is 30.0 Å². The number of hydrogen-bond acceptors (Lipinski definition) is 2. The van der Waals surface area contributed by atoms with E-state index in [9.17, 15) is 0 Å². The van der Waals surface area contributed by atoms with Crippen LogP contribution in [-0.2, 0) is 0 Å². The van der Waals surface area contributed by atoms with Crippen LogP contribution < -0.4 is 9.47 Å². The van der Waals surface area contributed by atoms with Crippen molar-refractivity contribution in [2.24, 2.45) is 0 Å². The van der Waals surface area contributed by atoms with Crippen molar-refractivity contribution in [3.63, 3.8) is 0 Å². The van der Waals surface area contributed by atoms with Gasteiger partial charge in [-0.15, -0.1) is 0 Å². The summed E-state index contributed by atoms with van der Waals surface area (Å²) in [5.41, 5.74) is 0.996. The van der Waals surface area contributed by atoms with E-state index in [0.29, 0.717) is 6.61 Å². The van der Waals surface area contributed by atoms with Gasteiger partial charge in [0, 0.05) is 5.56 Å². The van der Waals surface area contributed by atoms with Gasteiger partial charge in [-0.3, -0.25) is 0 Å². The molecule has 2 nitrogen and oxygen atoms in total. The molecular weight excluding hydrogens is 224 g/mol. The molecule has 2 rings (SSSR count). The van der Waals surface area contributed by atoms with Gasteiger partial charge in [-0.25, -0.2) is 0 Å². The summed E-state index contributed by atoms with van der Waals surface area (Å²) in [5.74, 6) is 7.62. The van der Waals surface area contributed by atoms with E-state index in [-0.39, 0.29) is 0 Å². The molecule has 2 aromatic carbocycles. The summed E-state index contributed by atoms with van der Waals surface area (Å²) in [5, 5.41) is 0. The second-order valence-corrected chi connectivity index (χ2v) is 3.63. The largest absolute Gasteiger partial charge is 0.497 e. The second kappa shape index (κ2) is 6.36. The molecule has 2 heteroatoms. The summed E-state index contributed by atoms with van der Waals surface area (Å²) in [7, 11) is 1.64. The lowest BCUT2D eigenvalue weighted by molar-refractivity contribution is 0.368. The summed E-state index contributed by atoms with van der Waals surface area (Å²) in [6.07, 6.45) is 0. The van der Waals surface area contributed by atoms with E-state index in [1.165, 1.54) is 0 Å². The summed E-state index contributed by atoms with van der Waals surface area (Å²) in [4.78, 5) is 0. The quantitative estimate of drug-likeness (QED) is 0.765. The first kappa shape index (κ1) is 12.1. The van der Waals surface area contributed by atoms with Crippen LogP contribution in [0.3, 0.4) is 0 Å². The molecule has 18 heavy (non-hydrogen) atoms. The molecule has 0 spiro atoms. The Morgan fingerprint density at radius 2 is 1.56 bits per heavy atom. The minimum atomic E-state index is 0.376. The van der Waals surface area contributed by atoms with Gasteiger partial charge in [0.15, 0.2) is 0 Å². The van der Waals surface area contributed by atoms with Gasteiger partial charge in [-0.05, 0) is 36.4 Å². The highest BCUT2D eigenvalue weighted by molar-refractivity contribution is 5.34. The third kappa shape index (κ3) is 3.57. The van der Waals surface area contributed by atoms with E-state index in [1.54, 1.807) is 7.11 Å². The maximum absolute atomic E-state index is 5.50. The normalized spacial score (nSPS) is 9.17. The molecule has 0 saturated heterocycles. The molecule has 90 valence electrons. The Labute approximate surface area is 107 Å². The first-order valence-corrected chi connectivity index (χ1v) is 5.69. The zero-order valence-corrected chi connectivity index (χ0v) is 10.2. The minimum Gasteiger partial charge on any atom is -0.497 e. The highest BCUT2D eigenvalue weighted by Gasteiger charge is 1.92. The predicted molar refractivity (Wildman–Crippen MR) is 71.8 cm³/mol. The highest BCUT2D eigenvalue weighted by Crippen LogP contribution is 2.16. The van der Waals surface area contributed by atoms with E-state index in [4.69, 9.17) is 9.47 Å². The molecule has 0 atom stereocenters. The fourth-order valence-corrected chi connectivity index (χ4v) is 1.45. The molecular formula is C16H14O2. The zero-order chi connectivity index (χ0) is 12.6. The van der Waals surface area contributed by atoms with Crippen molar-refractivity contribution in [2.75, 3.05) is 13.7 Å². The molecule has 0 fully saturated rings. The molecule has 0 bridgehead atoms. The molecule has 0 aromatic heterocycles. The van der Waals surface area contributed by atoms with Crippen molar-refractivity contribution in [3.05, 3.63) is 60.2 Å². The standard InChI is InChI=1S/C16H14O2/c1-17-15-9-11-16(12-10-15)18-13-5-8-14-6-3-2-4-7-14/h2-4,6-7,9-12H,13H2,1H3. The van der Waals surface area contributed by atoms with Crippen LogP contribution in [0.5, 0.6) is 11.5 Å². The molecule has 0 unspecified atom stereocenters. The van der Waals surface area contributed by atoms with Crippen LogP contribution in [0.25, 0.3) is 0 Å². The van der Waals surface area contributed by atoms with E-state index in [1.807, 2.05) is 54.6 Å². The Bertz CT molecular complexity index is 533. The molecule has 0 heterocycles. The van der Waals surface area contributed by atoms with Crippen LogP contribution in [0, 0.1) is 11.8 Å². The fraction of sp³-hybridized carbons (Fsp3) is 0.125. The smallest absolute Gasteiger partial charge is 0.149 e. The number of rotatable bonds is 3. The first-order valence-electron chi connectivity index (χ1n) is 5.69. The van der Waals surface area contributed by atoms with Crippen LogP contribution in [0.1, 0.15) is 5.56 Å². The van der Waals surface area contributed by atoms with Gasteiger partial charge < -0.3 is 9.47 Å². The Hall–Kier alpha value is -2.40. The van der Waals surface area contributed by atoms with Crippen LogP contribution in [0.15, 0.2) is 54.6 Å². The van der Waals surface area contributed by atoms with Gasteiger partial charge in [0.2, 0.25) is 0 Å². The maximum Gasteiger partial charge on any atom is 0.149 e. The minimum absolute atomic E-state index is 0.376. The van der Waals surface area contributed by atoms with Crippen LogP contribution in [-0.4, -0.2) is 13.7 Å². The van der Waals surface area contributed by atoms with Gasteiger partial charge in [0.1, 0.15) is 18.1 Å². The molecule has 2 aromatic rings. The van der Waals surface area contributed by atoms with Gasteiger partial charge >= 0.3 is 0 Å². The van der Waals surface area contributed by atoms with Crippen molar-refractivity contribution in [3.8, 4) is 23.3 Å². The van der Waals surface area contributed by atoms with Crippen molar-refractivity contribution < 1.29 is 9.47 Å². The third-order valence-corrected chi connectivity index (χ3v) is 2.38. The molecule has 0 aliphatic heterocycles. The van der Waals surface area contributed by atoms with E-state index < -0.39 is 0 Å². The lowest BCUT2D eigenvalue weighted by atomic mass is 10.2. The van der Waals surface area contributed by atoms with E-state index in [0.717, 1.165) is 17.1 Å². The fourth-order valence-electron chi connectivity index (χ4n) is 1.45. The molecule has 0 aliphatic carbocycles. The van der Waals surface area contributed by atoms with Gasteiger partial charge in [0.25, 0.3) is 0 Å². The Morgan fingerprint density at radius 3 is 2.22 bits per heavy atom. The number of methoxy groups -OCH3 is 1. The van der Waals surface area contributed by atoms with Crippen molar-refractivity contribution >= 4 is 0 Å². The second-order valence-electron chi connectivity index (χ2n) is 3.63. The first-order chi connectivity index (χ1) is 8.88. The predicted octanol–water partition coefficient (Wildman–Crippen LogP) is 3.13. The molecule has 0 aliphatic rings. The molecule has 0 amide bonds. The Balaban J connectivity index is 1.87. The lowest BCUT2D eigenvalue weighted by Gasteiger charge is -2.03. The van der Waals surface area contributed by atoms with Crippen LogP contribution >= 0.6 is 0 Å². The van der Waals surface area contributed by atoms with Crippen molar-refractivity contribution in [1.29, 1.82) is 0 Å². The summed E-state index contributed by atoms with van der Waals surface area (Å²) < 4.78 is 10.6. The highest BCUT2D eigenvalue weighted by atomic mass is 16.5. The average molecular weight is 238 g/mol. The van der Waals surface area contributed by atoms with E-state index in [2.05, 4.69) is 11.8 Å². The Kier molecular flexibility index (Phi) is 4.27. The van der Waals surface area contributed by atoms with Crippen molar-refractivity contribution in [1.82, 2.24) is 0 Å². The molecule has 0 saturated carbocycles. The van der Waals surface area contributed by atoms with Gasteiger partial charge in [-0.2, -0.15) is 0 Å². The SMILES string of the molecule is COc1ccc(OCC#Cc2ccccc2)cc1. The summed E-state index contributed by atoms with van der Waals surface area (Å²) >= 11 is 0. The number of ether oxygens (including phenoxy) is 2. The van der Waals surface area contributed by atoms with Crippen LogP contribution in [0.2, 0.25) is 0 Å². The average Bonchev–Trinajstić information content (AvgIpc) is 2.45. The monoisotopic (exact) mass is 238 g/mol. The third-order valence-electron chi connectivity index (χ3n) is 2.38. The number of benzene rings is 2. The zero-order valence-electron chi connectivity index (χ0n) is 10.2. The summed E-state index contributed by atoms with van der Waals surface area (Å²) in [6.45, 7) is 0.376. The van der Waals surface area contributed by atoms with Crippen LogP contribution in [0.4, 0.5) is 0 Å².